The van der Waals surface area contributed by atoms with Gasteiger partial charge in [-0.15, -0.1) is 0 Å². The van der Waals surface area contributed by atoms with Crippen LogP contribution in [0.5, 0.6) is 0 Å². The molecule has 0 spiro atoms. The van der Waals surface area contributed by atoms with Crippen LogP contribution >= 0.6 is 0 Å². The molecule has 3 nitrogen and oxygen atoms in total. The number of anilines is 2. The van der Waals surface area contributed by atoms with Gasteiger partial charge in [0.25, 0.3) is 0 Å². The number of benzene rings is 5. The first-order valence-corrected chi connectivity index (χ1v) is 13.9. The SMILES string of the molecule is C/C(=C\C=C(/N)c1ccccn1)N(c1ccccc1)c1ccc(-c2ccc3c4c(cccc24)-c2ccccc2-3)cc1. The van der Waals surface area contributed by atoms with Crippen molar-refractivity contribution in [2.75, 3.05) is 4.90 Å². The largest absolute Gasteiger partial charge is 0.397 e. The molecule has 41 heavy (non-hydrogen) atoms. The summed E-state index contributed by atoms with van der Waals surface area (Å²) in [5.74, 6) is 0. The molecule has 0 atom stereocenters. The van der Waals surface area contributed by atoms with E-state index in [1.54, 1.807) is 6.20 Å². The third kappa shape index (κ3) is 4.38. The standard InChI is InChI=1S/C38H29N3/c1-26(17-24-36(39)37-16-7-8-25-40-37)41(28-10-3-2-4-11-28)29-20-18-27(19-21-29)30-22-23-35-32-13-6-5-12-31(32)34-15-9-14-33(30)38(34)35/h2-25H,39H2,1H3/b26-17+,36-24-. The van der Waals surface area contributed by atoms with Crippen LogP contribution in [0.3, 0.4) is 0 Å². The second-order valence-electron chi connectivity index (χ2n) is 10.3. The van der Waals surface area contributed by atoms with Crippen molar-refractivity contribution in [1.29, 1.82) is 0 Å². The third-order valence-corrected chi connectivity index (χ3v) is 7.82. The molecular formula is C38H29N3. The van der Waals surface area contributed by atoms with Gasteiger partial charge in [-0.2, -0.15) is 0 Å². The van der Waals surface area contributed by atoms with Crippen molar-refractivity contribution >= 4 is 27.8 Å². The van der Waals surface area contributed by atoms with E-state index in [4.69, 9.17) is 5.73 Å². The van der Waals surface area contributed by atoms with Gasteiger partial charge < -0.3 is 10.6 Å². The number of hydrogen-bond acceptors (Lipinski definition) is 3. The Morgan fingerprint density at radius 3 is 1.95 bits per heavy atom. The summed E-state index contributed by atoms with van der Waals surface area (Å²) in [7, 11) is 0. The second kappa shape index (κ2) is 10.3. The summed E-state index contributed by atoms with van der Waals surface area (Å²) in [4.78, 5) is 6.61. The van der Waals surface area contributed by atoms with Gasteiger partial charge in [0.2, 0.25) is 0 Å². The van der Waals surface area contributed by atoms with Crippen LogP contribution in [0.25, 0.3) is 49.9 Å². The van der Waals surface area contributed by atoms with Gasteiger partial charge in [-0.25, -0.2) is 0 Å². The first kappa shape index (κ1) is 24.6. The predicted molar refractivity (Wildman–Crippen MR) is 173 cm³/mol. The highest BCUT2D eigenvalue weighted by Gasteiger charge is 2.22. The second-order valence-corrected chi connectivity index (χ2v) is 10.3. The van der Waals surface area contributed by atoms with Crippen LogP contribution in [0.2, 0.25) is 0 Å². The summed E-state index contributed by atoms with van der Waals surface area (Å²) < 4.78 is 0. The van der Waals surface area contributed by atoms with Crippen molar-refractivity contribution in [1.82, 2.24) is 4.98 Å². The van der Waals surface area contributed by atoms with Gasteiger partial charge in [0.15, 0.2) is 0 Å². The summed E-state index contributed by atoms with van der Waals surface area (Å²) in [6.45, 7) is 2.10. The maximum atomic E-state index is 6.34. The van der Waals surface area contributed by atoms with E-state index in [0.717, 1.165) is 22.8 Å². The minimum atomic E-state index is 0.627. The quantitative estimate of drug-likeness (QED) is 0.219. The Hall–Kier alpha value is -5.41. The fourth-order valence-corrected chi connectivity index (χ4v) is 5.89. The number of aromatic nitrogens is 1. The van der Waals surface area contributed by atoms with Crippen LogP contribution in [0.15, 0.2) is 151 Å². The number of allylic oxidation sites excluding steroid dienone is 3. The third-order valence-electron chi connectivity index (χ3n) is 7.82. The topological polar surface area (TPSA) is 42.1 Å². The molecule has 3 heteroatoms. The highest BCUT2D eigenvalue weighted by molar-refractivity contribution is 6.18. The Morgan fingerprint density at radius 2 is 1.22 bits per heavy atom. The molecule has 1 aromatic heterocycles. The van der Waals surface area contributed by atoms with Gasteiger partial charge in [0, 0.05) is 23.3 Å². The van der Waals surface area contributed by atoms with Crippen molar-refractivity contribution in [2.45, 2.75) is 6.92 Å². The lowest BCUT2D eigenvalue weighted by molar-refractivity contribution is 1.15. The van der Waals surface area contributed by atoms with Crippen LogP contribution in [0.1, 0.15) is 12.6 Å². The van der Waals surface area contributed by atoms with Crippen LogP contribution < -0.4 is 10.6 Å². The summed E-state index contributed by atoms with van der Waals surface area (Å²) in [6, 6.07) is 44.9. The van der Waals surface area contributed by atoms with Crippen molar-refractivity contribution in [2.24, 2.45) is 5.73 Å². The minimum absolute atomic E-state index is 0.627. The molecule has 5 aromatic carbocycles. The van der Waals surface area contributed by atoms with Gasteiger partial charge >= 0.3 is 0 Å². The zero-order valence-corrected chi connectivity index (χ0v) is 22.8. The lowest BCUT2D eigenvalue weighted by atomic mass is 9.94. The van der Waals surface area contributed by atoms with Gasteiger partial charge in [-0.1, -0.05) is 91.0 Å². The highest BCUT2D eigenvalue weighted by atomic mass is 15.1. The lowest BCUT2D eigenvalue weighted by Crippen LogP contribution is -2.14. The molecule has 2 N–H and O–H groups in total. The van der Waals surface area contributed by atoms with Crippen molar-refractivity contribution in [3.05, 3.63) is 157 Å². The maximum Gasteiger partial charge on any atom is 0.0858 e. The first-order valence-electron chi connectivity index (χ1n) is 13.9. The van der Waals surface area contributed by atoms with E-state index in [-0.39, 0.29) is 0 Å². The number of nitrogens with zero attached hydrogens (tertiary/aromatic N) is 2. The van der Waals surface area contributed by atoms with Crippen LogP contribution in [0.4, 0.5) is 11.4 Å². The van der Waals surface area contributed by atoms with Crippen LogP contribution in [-0.2, 0) is 0 Å². The molecule has 0 saturated heterocycles. The van der Waals surface area contributed by atoms with Gasteiger partial charge in [0.05, 0.1) is 11.4 Å². The highest BCUT2D eigenvalue weighted by Crippen LogP contribution is 2.49. The molecule has 1 aliphatic carbocycles. The fourth-order valence-electron chi connectivity index (χ4n) is 5.89. The van der Waals surface area contributed by atoms with E-state index in [0.29, 0.717) is 5.70 Å². The number of fused-ring (bicyclic) bond motifs is 3. The average Bonchev–Trinajstić information content (AvgIpc) is 3.37. The lowest BCUT2D eigenvalue weighted by Gasteiger charge is -2.26. The summed E-state index contributed by atoms with van der Waals surface area (Å²) in [5, 5.41) is 2.63. The number of hydrogen-bond donors (Lipinski definition) is 1. The number of rotatable bonds is 6. The van der Waals surface area contributed by atoms with Crippen molar-refractivity contribution < 1.29 is 0 Å². The number of nitrogens with two attached hydrogens (primary N) is 1. The maximum absolute atomic E-state index is 6.34. The molecule has 196 valence electrons. The normalized spacial score (nSPS) is 12.4. The molecule has 0 fully saturated rings. The molecule has 1 heterocycles. The zero-order chi connectivity index (χ0) is 27.8. The average molecular weight is 528 g/mol. The molecule has 0 aliphatic heterocycles. The Bertz CT molecular complexity index is 1910. The van der Waals surface area contributed by atoms with E-state index in [1.165, 1.54) is 44.2 Å². The van der Waals surface area contributed by atoms with E-state index >= 15 is 0 Å². The fraction of sp³-hybridized carbons (Fsp3) is 0.0263. The molecule has 0 amide bonds. The Morgan fingerprint density at radius 1 is 0.585 bits per heavy atom. The van der Waals surface area contributed by atoms with E-state index < -0.39 is 0 Å². The van der Waals surface area contributed by atoms with E-state index in [2.05, 4.69) is 120 Å². The monoisotopic (exact) mass is 527 g/mol. The first-order chi connectivity index (χ1) is 20.2. The van der Waals surface area contributed by atoms with Crippen LogP contribution in [-0.4, -0.2) is 4.98 Å². The minimum Gasteiger partial charge on any atom is -0.397 e. The van der Waals surface area contributed by atoms with Gasteiger partial charge in [-0.3, -0.25) is 4.98 Å². The Labute approximate surface area is 240 Å². The summed E-state index contributed by atoms with van der Waals surface area (Å²) >= 11 is 0. The Kier molecular flexibility index (Phi) is 6.18. The van der Waals surface area contributed by atoms with E-state index in [1.807, 2.05) is 36.4 Å². The summed E-state index contributed by atoms with van der Waals surface area (Å²) in [5.41, 5.74) is 18.7. The molecule has 0 saturated carbocycles. The molecule has 0 unspecified atom stereocenters. The Balaban J connectivity index is 1.27. The summed E-state index contributed by atoms with van der Waals surface area (Å²) in [6.07, 6.45) is 5.73. The predicted octanol–water partition coefficient (Wildman–Crippen LogP) is 9.59. The smallest absolute Gasteiger partial charge is 0.0858 e. The van der Waals surface area contributed by atoms with Gasteiger partial charge in [-0.05, 0) is 99.6 Å². The molecule has 0 bridgehead atoms. The molecule has 1 aliphatic rings. The molecule has 6 aromatic rings. The van der Waals surface area contributed by atoms with E-state index in [9.17, 15) is 0 Å². The van der Waals surface area contributed by atoms with Crippen molar-refractivity contribution in [3.63, 3.8) is 0 Å². The van der Waals surface area contributed by atoms with Crippen molar-refractivity contribution in [3.8, 4) is 33.4 Å². The molecule has 0 radical (unpaired) electrons. The molecule has 7 rings (SSSR count). The molecular weight excluding hydrogens is 498 g/mol. The number of para-hydroxylation sites is 1. The zero-order valence-electron chi connectivity index (χ0n) is 22.8. The van der Waals surface area contributed by atoms with Gasteiger partial charge in [0.1, 0.15) is 0 Å². The van der Waals surface area contributed by atoms with Crippen LogP contribution in [0, 0.1) is 0 Å². The number of pyridine rings is 1.